The molecule has 0 aliphatic carbocycles. The Hall–Kier alpha value is -3.97. The summed E-state index contributed by atoms with van der Waals surface area (Å²) >= 11 is 0. The van der Waals surface area contributed by atoms with Crippen LogP contribution in [0.1, 0.15) is 25.0 Å². The fourth-order valence-electron chi connectivity index (χ4n) is 4.07. The number of rotatable bonds is 8. The van der Waals surface area contributed by atoms with Crippen molar-refractivity contribution in [2.45, 2.75) is 13.8 Å². The first kappa shape index (κ1) is 25.1. The molecule has 0 bridgehead atoms. The van der Waals surface area contributed by atoms with Gasteiger partial charge >= 0.3 is 0 Å². The van der Waals surface area contributed by atoms with Gasteiger partial charge in [0.25, 0.3) is 0 Å². The van der Waals surface area contributed by atoms with E-state index in [2.05, 4.69) is 4.98 Å². The molecule has 7 heteroatoms. The van der Waals surface area contributed by atoms with Crippen molar-refractivity contribution in [1.29, 1.82) is 0 Å². The van der Waals surface area contributed by atoms with Crippen molar-refractivity contribution in [2.75, 3.05) is 32.1 Å². The zero-order chi connectivity index (χ0) is 25.8. The van der Waals surface area contributed by atoms with E-state index in [-0.39, 0.29) is 23.5 Å². The molecule has 4 aromatic rings. The third-order valence-corrected chi connectivity index (χ3v) is 5.96. The molecule has 186 valence electrons. The van der Waals surface area contributed by atoms with Crippen LogP contribution in [0.5, 0.6) is 5.88 Å². The van der Waals surface area contributed by atoms with Crippen molar-refractivity contribution < 1.29 is 14.3 Å². The summed E-state index contributed by atoms with van der Waals surface area (Å²) in [7, 11) is 3.96. The molecule has 1 amide bonds. The molecule has 36 heavy (non-hydrogen) atoms. The number of hydrogen-bond donors (Lipinski definition) is 2. The molecule has 1 aromatic heterocycles. The van der Waals surface area contributed by atoms with Gasteiger partial charge in [-0.05, 0) is 56.6 Å². The number of aromatic hydroxyl groups is 1. The Balaban J connectivity index is 1.77. The van der Waals surface area contributed by atoms with Gasteiger partial charge in [-0.2, -0.15) is 0 Å². The summed E-state index contributed by atoms with van der Waals surface area (Å²) in [5.41, 5.74) is 3.83. The second-order valence-corrected chi connectivity index (χ2v) is 9.33. The number of nitrogens with one attached hydrogen (secondary N) is 1. The van der Waals surface area contributed by atoms with Crippen molar-refractivity contribution in [3.63, 3.8) is 0 Å². The maximum Gasteiger partial charge on any atom is 0.229 e. The summed E-state index contributed by atoms with van der Waals surface area (Å²) < 4.78 is 13.8. The maximum absolute atomic E-state index is 13.8. The minimum absolute atomic E-state index is 0.0639. The van der Waals surface area contributed by atoms with Gasteiger partial charge in [0.15, 0.2) is 5.88 Å². The summed E-state index contributed by atoms with van der Waals surface area (Å²) in [5, 5.41) is 11.4. The quantitative estimate of drug-likeness (QED) is 0.312. The number of hydrogen-bond acceptors (Lipinski definition) is 4. The third kappa shape index (κ3) is 5.47. The SMILES string of the molecule is CC(C)C(=O)N(CCN(C)C)c1ccc(N=C(c2ccccc2)c2c(O)[nH]c3cc(F)ccc23)cc1. The van der Waals surface area contributed by atoms with Crippen molar-refractivity contribution in [3.05, 3.63) is 89.7 Å². The molecule has 0 unspecified atom stereocenters. The Bertz CT molecular complexity index is 1380. The molecule has 3 aromatic carbocycles. The zero-order valence-electron chi connectivity index (χ0n) is 21.0. The second-order valence-electron chi connectivity index (χ2n) is 9.33. The molecule has 0 saturated heterocycles. The molecule has 0 radical (unpaired) electrons. The first-order valence-corrected chi connectivity index (χ1v) is 12.0. The van der Waals surface area contributed by atoms with Crippen LogP contribution in [-0.4, -0.2) is 53.8 Å². The number of carbonyl (C=O) groups excluding carboxylic acids is 1. The number of H-pyrrole nitrogens is 1. The first-order valence-electron chi connectivity index (χ1n) is 12.0. The molecule has 1 heterocycles. The van der Waals surface area contributed by atoms with Gasteiger partial charge in [-0.25, -0.2) is 9.38 Å². The lowest BCUT2D eigenvalue weighted by atomic mass is 10.0. The fraction of sp³-hybridized carbons (Fsp3) is 0.241. The molecule has 0 aliphatic heterocycles. The number of likely N-dealkylation sites (N-methyl/N-ethyl adjacent to an activating group) is 1. The predicted molar refractivity (Wildman–Crippen MR) is 144 cm³/mol. The van der Waals surface area contributed by atoms with E-state index in [0.717, 1.165) is 17.8 Å². The summed E-state index contributed by atoms with van der Waals surface area (Å²) in [5.74, 6) is -0.524. The van der Waals surface area contributed by atoms with Crippen LogP contribution in [0.15, 0.2) is 77.8 Å². The van der Waals surface area contributed by atoms with Gasteiger partial charge in [0.05, 0.1) is 22.5 Å². The Kier molecular flexibility index (Phi) is 7.50. The lowest BCUT2D eigenvalue weighted by Gasteiger charge is -2.26. The van der Waals surface area contributed by atoms with Gasteiger partial charge in [0.1, 0.15) is 5.82 Å². The number of halogens is 1. The van der Waals surface area contributed by atoms with Crippen molar-refractivity contribution >= 4 is 33.9 Å². The molecule has 0 spiro atoms. The van der Waals surface area contributed by atoms with E-state index in [1.165, 1.54) is 12.1 Å². The number of nitrogens with zero attached hydrogens (tertiary/aromatic N) is 3. The molecular weight excluding hydrogens is 455 g/mol. The van der Waals surface area contributed by atoms with Gasteiger partial charge in [-0.15, -0.1) is 0 Å². The average Bonchev–Trinajstić information content (AvgIpc) is 3.18. The molecule has 0 aliphatic rings. The Labute approximate surface area is 210 Å². The van der Waals surface area contributed by atoms with E-state index in [0.29, 0.717) is 34.4 Å². The van der Waals surface area contributed by atoms with Crippen LogP contribution < -0.4 is 4.90 Å². The number of benzene rings is 3. The van der Waals surface area contributed by atoms with Gasteiger partial charge in [0, 0.05) is 35.6 Å². The lowest BCUT2D eigenvalue weighted by Crippen LogP contribution is -2.39. The molecule has 0 atom stereocenters. The third-order valence-electron chi connectivity index (χ3n) is 5.96. The minimum Gasteiger partial charge on any atom is -0.494 e. The topological polar surface area (TPSA) is 71.9 Å². The maximum atomic E-state index is 13.8. The summed E-state index contributed by atoms with van der Waals surface area (Å²) in [6.07, 6.45) is 0. The molecule has 0 saturated carbocycles. The van der Waals surface area contributed by atoms with E-state index in [1.54, 1.807) is 11.0 Å². The van der Waals surface area contributed by atoms with Crippen LogP contribution in [0.2, 0.25) is 0 Å². The highest BCUT2D eigenvalue weighted by atomic mass is 19.1. The zero-order valence-corrected chi connectivity index (χ0v) is 21.0. The predicted octanol–water partition coefficient (Wildman–Crippen LogP) is 5.73. The van der Waals surface area contributed by atoms with Gasteiger partial charge in [-0.1, -0.05) is 44.2 Å². The average molecular weight is 487 g/mol. The van der Waals surface area contributed by atoms with E-state index < -0.39 is 0 Å². The Morgan fingerprint density at radius 3 is 2.33 bits per heavy atom. The number of amides is 1. The number of aliphatic imine (C=N–C) groups is 1. The van der Waals surface area contributed by atoms with E-state index >= 15 is 0 Å². The van der Waals surface area contributed by atoms with Crippen LogP contribution in [0.4, 0.5) is 15.8 Å². The van der Waals surface area contributed by atoms with Crippen LogP contribution in [0.25, 0.3) is 10.9 Å². The van der Waals surface area contributed by atoms with Crippen LogP contribution in [-0.2, 0) is 4.79 Å². The van der Waals surface area contributed by atoms with Gasteiger partial charge in [0.2, 0.25) is 5.91 Å². The standard InChI is InChI=1S/C29H31FN4O2/c1-19(2)29(36)34(17-16-33(3)4)23-13-11-22(12-14-23)31-27(20-8-6-5-7-9-20)26-24-15-10-21(30)18-25(24)32-28(26)35/h5-15,18-19,32,35H,16-17H2,1-4H3. The van der Waals surface area contributed by atoms with Crippen molar-refractivity contribution in [2.24, 2.45) is 10.9 Å². The Morgan fingerprint density at radius 2 is 1.69 bits per heavy atom. The first-order chi connectivity index (χ1) is 17.2. The lowest BCUT2D eigenvalue weighted by molar-refractivity contribution is -0.121. The highest BCUT2D eigenvalue weighted by Gasteiger charge is 2.21. The molecule has 6 nitrogen and oxygen atoms in total. The van der Waals surface area contributed by atoms with E-state index in [9.17, 15) is 14.3 Å². The van der Waals surface area contributed by atoms with Crippen molar-refractivity contribution in [1.82, 2.24) is 9.88 Å². The highest BCUT2D eigenvalue weighted by molar-refractivity contribution is 6.21. The summed E-state index contributed by atoms with van der Waals surface area (Å²) in [6.45, 7) is 5.13. The molecule has 2 N–H and O–H groups in total. The van der Waals surface area contributed by atoms with E-state index in [1.807, 2.05) is 87.4 Å². The monoisotopic (exact) mass is 486 g/mol. The number of anilines is 1. The number of aromatic nitrogens is 1. The smallest absolute Gasteiger partial charge is 0.229 e. The molecule has 4 rings (SSSR count). The number of carbonyl (C=O) groups is 1. The van der Waals surface area contributed by atoms with Gasteiger partial charge < -0.3 is 19.9 Å². The molecular formula is C29H31FN4O2. The van der Waals surface area contributed by atoms with Gasteiger partial charge in [-0.3, -0.25) is 4.79 Å². The van der Waals surface area contributed by atoms with E-state index in [4.69, 9.17) is 4.99 Å². The van der Waals surface area contributed by atoms with Crippen LogP contribution in [0.3, 0.4) is 0 Å². The van der Waals surface area contributed by atoms with Crippen molar-refractivity contribution in [3.8, 4) is 5.88 Å². The second kappa shape index (κ2) is 10.7. The largest absolute Gasteiger partial charge is 0.494 e. The Morgan fingerprint density at radius 1 is 1.00 bits per heavy atom. The number of aromatic amines is 1. The fourth-order valence-corrected chi connectivity index (χ4v) is 4.07. The minimum atomic E-state index is -0.390. The van der Waals surface area contributed by atoms with Crippen LogP contribution in [0, 0.1) is 11.7 Å². The highest BCUT2D eigenvalue weighted by Crippen LogP contribution is 2.32. The van der Waals surface area contributed by atoms with Crippen LogP contribution >= 0.6 is 0 Å². The normalized spacial score (nSPS) is 12.0. The summed E-state index contributed by atoms with van der Waals surface area (Å²) in [4.78, 5) is 24.5. The summed E-state index contributed by atoms with van der Waals surface area (Å²) in [6, 6.07) is 21.4. The molecule has 0 fully saturated rings. The number of fused-ring (bicyclic) bond motifs is 1.